The van der Waals surface area contributed by atoms with Crippen molar-refractivity contribution in [2.45, 2.75) is 24.7 Å². The molecule has 1 atom stereocenters. The van der Waals surface area contributed by atoms with Crippen LogP contribution < -0.4 is 0 Å². The van der Waals surface area contributed by atoms with Gasteiger partial charge >= 0.3 is 0 Å². The van der Waals surface area contributed by atoms with E-state index in [-0.39, 0.29) is 6.42 Å². The second-order valence-electron chi connectivity index (χ2n) is 3.72. The molecular formula is C10H9ClF2. The molecule has 0 heterocycles. The SMILES string of the molecule is C[C@@]1(c2ccc(Cl)cc2)CC1(F)F. The lowest BCUT2D eigenvalue weighted by Crippen LogP contribution is -2.11. The highest BCUT2D eigenvalue weighted by atomic mass is 35.5. The smallest absolute Gasteiger partial charge is 0.206 e. The van der Waals surface area contributed by atoms with Crippen molar-refractivity contribution in [1.29, 1.82) is 0 Å². The highest BCUT2D eigenvalue weighted by Gasteiger charge is 2.68. The molecule has 70 valence electrons. The third-order valence-electron chi connectivity index (χ3n) is 2.74. The molecule has 0 N–H and O–H groups in total. The lowest BCUT2D eigenvalue weighted by molar-refractivity contribution is 0.0920. The summed E-state index contributed by atoms with van der Waals surface area (Å²) in [6.07, 6.45) is -0.0539. The first-order valence-electron chi connectivity index (χ1n) is 4.10. The zero-order chi connectivity index (χ0) is 9.69. The van der Waals surface area contributed by atoms with Gasteiger partial charge in [0.2, 0.25) is 0 Å². The normalized spacial score (nSPS) is 30.2. The van der Waals surface area contributed by atoms with Gasteiger partial charge in [0.15, 0.2) is 0 Å². The molecule has 1 aromatic rings. The van der Waals surface area contributed by atoms with Crippen LogP contribution in [0.4, 0.5) is 8.78 Å². The number of hydrogen-bond acceptors (Lipinski definition) is 0. The van der Waals surface area contributed by atoms with Crippen LogP contribution in [0.2, 0.25) is 5.02 Å². The molecule has 1 saturated carbocycles. The Labute approximate surface area is 80.5 Å². The van der Waals surface area contributed by atoms with Crippen molar-refractivity contribution in [1.82, 2.24) is 0 Å². The average Bonchev–Trinajstić information content (AvgIpc) is 2.53. The van der Waals surface area contributed by atoms with Gasteiger partial charge in [-0.15, -0.1) is 0 Å². The van der Waals surface area contributed by atoms with Crippen molar-refractivity contribution < 1.29 is 8.78 Å². The molecule has 0 unspecified atom stereocenters. The molecule has 0 amide bonds. The first-order valence-corrected chi connectivity index (χ1v) is 4.47. The predicted octanol–water partition coefficient (Wildman–Crippen LogP) is 3.64. The van der Waals surface area contributed by atoms with Crippen LogP contribution in [0.5, 0.6) is 0 Å². The molecule has 13 heavy (non-hydrogen) atoms. The third kappa shape index (κ3) is 1.24. The highest BCUT2D eigenvalue weighted by molar-refractivity contribution is 6.30. The van der Waals surface area contributed by atoms with E-state index >= 15 is 0 Å². The topological polar surface area (TPSA) is 0 Å². The van der Waals surface area contributed by atoms with Crippen molar-refractivity contribution in [2.75, 3.05) is 0 Å². The molecule has 1 fully saturated rings. The Morgan fingerprint density at radius 1 is 1.23 bits per heavy atom. The molecule has 1 aliphatic carbocycles. The van der Waals surface area contributed by atoms with Crippen LogP contribution >= 0.6 is 11.6 Å². The molecule has 1 aliphatic rings. The molecule has 0 saturated heterocycles. The lowest BCUT2D eigenvalue weighted by atomic mass is 9.98. The maximum Gasteiger partial charge on any atom is 0.258 e. The summed E-state index contributed by atoms with van der Waals surface area (Å²) >= 11 is 5.67. The van der Waals surface area contributed by atoms with Crippen LogP contribution in [-0.4, -0.2) is 5.92 Å². The van der Waals surface area contributed by atoms with Gasteiger partial charge in [-0.1, -0.05) is 23.7 Å². The van der Waals surface area contributed by atoms with Crippen molar-refractivity contribution in [3.05, 3.63) is 34.9 Å². The first kappa shape index (κ1) is 8.95. The molecule has 3 heteroatoms. The van der Waals surface area contributed by atoms with Crippen molar-refractivity contribution >= 4 is 11.6 Å². The van der Waals surface area contributed by atoms with E-state index in [0.29, 0.717) is 10.6 Å². The fraction of sp³-hybridized carbons (Fsp3) is 0.400. The molecule has 0 spiro atoms. The van der Waals surface area contributed by atoms with Gasteiger partial charge in [0.05, 0.1) is 5.41 Å². The van der Waals surface area contributed by atoms with Crippen molar-refractivity contribution in [3.8, 4) is 0 Å². The minimum Gasteiger partial charge on any atom is -0.206 e. The molecule has 0 radical (unpaired) electrons. The van der Waals surface area contributed by atoms with Crippen LogP contribution in [0, 0.1) is 0 Å². The lowest BCUT2D eigenvalue weighted by Gasteiger charge is -2.09. The van der Waals surface area contributed by atoms with E-state index in [4.69, 9.17) is 11.6 Å². The molecule has 0 bridgehead atoms. The van der Waals surface area contributed by atoms with E-state index in [1.807, 2.05) is 0 Å². The Kier molecular flexibility index (Phi) is 1.68. The number of rotatable bonds is 1. The Bertz CT molecular complexity index is 331. The van der Waals surface area contributed by atoms with Crippen LogP contribution in [0.15, 0.2) is 24.3 Å². The van der Waals surface area contributed by atoms with Gasteiger partial charge < -0.3 is 0 Å². The zero-order valence-electron chi connectivity index (χ0n) is 7.15. The van der Waals surface area contributed by atoms with Crippen LogP contribution in [0.1, 0.15) is 18.9 Å². The Morgan fingerprint density at radius 3 is 2.08 bits per heavy atom. The van der Waals surface area contributed by atoms with Gasteiger partial charge in [-0.05, 0) is 24.6 Å². The number of benzene rings is 1. The maximum absolute atomic E-state index is 12.9. The van der Waals surface area contributed by atoms with Crippen LogP contribution in [-0.2, 0) is 5.41 Å². The molecule has 1 aromatic carbocycles. The molecule has 2 rings (SSSR count). The number of alkyl halides is 2. The largest absolute Gasteiger partial charge is 0.258 e. The van der Waals surface area contributed by atoms with Gasteiger partial charge in [0.1, 0.15) is 0 Å². The quantitative estimate of drug-likeness (QED) is 0.652. The van der Waals surface area contributed by atoms with Gasteiger partial charge in [0.25, 0.3) is 5.92 Å². The summed E-state index contributed by atoms with van der Waals surface area (Å²) in [5.74, 6) is -2.54. The minimum absolute atomic E-state index is 0.0539. The fourth-order valence-electron chi connectivity index (χ4n) is 1.53. The Morgan fingerprint density at radius 2 is 1.69 bits per heavy atom. The molecular weight excluding hydrogens is 194 g/mol. The summed E-state index contributed by atoms with van der Waals surface area (Å²) in [6, 6.07) is 6.64. The van der Waals surface area contributed by atoms with Crippen molar-refractivity contribution in [3.63, 3.8) is 0 Å². The Hall–Kier alpha value is -0.630. The first-order chi connectivity index (χ1) is 5.96. The van der Waals surface area contributed by atoms with Gasteiger partial charge in [-0.25, -0.2) is 8.78 Å². The summed E-state index contributed by atoms with van der Waals surface area (Å²) < 4.78 is 25.9. The summed E-state index contributed by atoms with van der Waals surface area (Å²) in [5, 5.41) is 0.580. The predicted molar refractivity (Wildman–Crippen MR) is 48.4 cm³/mol. The second kappa shape index (κ2) is 2.44. The summed E-state index contributed by atoms with van der Waals surface area (Å²) in [4.78, 5) is 0. The fourth-order valence-corrected chi connectivity index (χ4v) is 1.66. The highest BCUT2D eigenvalue weighted by Crippen LogP contribution is 2.61. The average molecular weight is 203 g/mol. The summed E-state index contributed by atoms with van der Waals surface area (Å²) in [7, 11) is 0. The molecule has 0 aliphatic heterocycles. The van der Waals surface area contributed by atoms with E-state index < -0.39 is 11.3 Å². The summed E-state index contributed by atoms with van der Waals surface area (Å²) in [6.45, 7) is 1.58. The monoisotopic (exact) mass is 202 g/mol. The third-order valence-corrected chi connectivity index (χ3v) is 2.99. The van der Waals surface area contributed by atoms with E-state index in [9.17, 15) is 8.78 Å². The van der Waals surface area contributed by atoms with Crippen LogP contribution in [0.3, 0.4) is 0 Å². The summed E-state index contributed by atoms with van der Waals surface area (Å²) in [5.41, 5.74) is -0.292. The number of halogens is 3. The van der Waals surface area contributed by atoms with Gasteiger partial charge in [0, 0.05) is 11.4 Å². The van der Waals surface area contributed by atoms with Crippen molar-refractivity contribution in [2.24, 2.45) is 0 Å². The van der Waals surface area contributed by atoms with E-state index in [1.165, 1.54) is 0 Å². The van der Waals surface area contributed by atoms with Crippen LogP contribution in [0.25, 0.3) is 0 Å². The van der Waals surface area contributed by atoms with E-state index in [1.54, 1.807) is 31.2 Å². The maximum atomic E-state index is 12.9. The second-order valence-corrected chi connectivity index (χ2v) is 4.16. The van der Waals surface area contributed by atoms with E-state index in [2.05, 4.69) is 0 Å². The zero-order valence-corrected chi connectivity index (χ0v) is 7.91. The minimum atomic E-state index is -2.54. The van der Waals surface area contributed by atoms with Gasteiger partial charge in [-0.2, -0.15) is 0 Å². The van der Waals surface area contributed by atoms with E-state index in [0.717, 1.165) is 0 Å². The Balaban J connectivity index is 2.34. The molecule has 0 nitrogen and oxygen atoms in total. The standard InChI is InChI=1S/C10H9ClF2/c1-9(6-10(9,12)13)7-2-4-8(11)5-3-7/h2-5H,6H2,1H3/t9-/m0/s1. The molecule has 0 aromatic heterocycles. The van der Waals surface area contributed by atoms with Gasteiger partial charge in [-0.3, -0.25) is 0 Å². The number of hydrogen-bond donors (Lipinski definition) is 0.